The Morgan fingerprint density at radius 3 is 3.36 bits per heavy atom. The van der Waals surface area contributed by atoms with Crippen LogP contribution in [0.25, 0.3) is 0 Å². The highest BCUT2D eigenvalue weighted by Gasteiger charge is 2.22. The SMILES string of the molecule is CCONC1CCCc2sc(Cl)cc21. The molecule has 0 spiro atoms. The highest BCUT2D eigenvalue weighted by Crippen LogP contribution is 2.37. The number of thiophene rings is 1. The van der Waals surface area contributed by atoms with Crippen LogP contribution in [-0.2, 0) is 11.3 Å². The molecule has 0 saturated heterocycles. The number of rotatable bonds is 3. The fraction of sp³-hybridized carbons (Fsp3) is 0.600. The number of hydroxylamine groups is 1. The number of fused-ring (bicyclic) bond motifs is 1. The molecule has 0 bridgehead atoms. The van der Waals surface area contributed by atoms with E-state index in [0.29, 0.717) is 12.6 Å². The maximum absolute atomic E-state index is 6.00. The third kappa shape index (κ3) is 2.11. The van der Waals surface area contributed by atoms with E-state index < -0.39 is 0 Å². The van der Waals surface area contributed by atoms with Gasteiger partial charge < -0.3 is 4.84 Å². The average molecular weight is 232 g/mol. The highest BCUT2D eigenvalue weighted by molar-refractivity contribution is 7.16. The molecule has 2 nitrogen and oxygen atoms in total. The molecule has 14 heavy (non-hydrogen) atoms. The van der Waals surface area contributed by atoms with Crippen LogP contribution in [0.5, 0.6) is 0 Å². The van der Waals surface area contributed by atoms with Crippen molar-refractivity contribution >= 4 is 22.9 Å². The fourth-order valence-corrected chi connectivity index (χ4v) is 3.21. The van der Waals surface area contributed by atoms with Gasteiger partial charge in [-0.2, -0.15) is 5.48 Å². The first-order chi connectivity index (χ1) is 6.81. The number of halogens is 1. The summed E-state index contributed by atoms with van der Waals surface area (Å²) in [7, 11) is 0. The summed E-state index contributed by atoms with van der Waals surface area (Å²) in [6.45, 7) is 2.68. The van der Waals surface area contributed by atoms with Gasteiger partial charge in [-0.05, 0) is 37.8 Å². The molecule has 1 aliphatic carbocycles. The highest BCUT2D eigenvalue weighted by atomic mass is 35.5. The maximum Gasteiger partial charge on any atom is 0.0934 e. The predicted octanol–water partition coefficient (Wildman–Crippen LogP) is 3.32. The summed E-state index contributed by atoms with van der Waals surface area (Å²) in [5, 5.41) is 0. The van der Waals surface area contributed by atoms with Gasteiger partial charge in [-0.1, -0.05) is 11.6 Å². The van der Waals surface area contributed by atoms with E-state index in [0.717, 1.165) is 17.2 Å². The van der Waals surface area contributed by atoms with Gasteiger partial charge in [-0.3, -0.25) is 0 Å². The van der Waals surface area contributed by atoms with Crippen molar-refractivity contribution in [2.45, 2.75) is 32.2 Å². The molecule has 1 unspecified atom stereocenters. The summed E-state index contributed by atoms with van der Waals surface area (Å²) in [4.78, 5) is 6.67. The lowest BCUT2D eigenvalue weighted by Gasteiger charge is -2.22. The van der Waals surface area contributed by atoms with Gasteiger partial charge in [0, 0.05) is 4.88 Å². The summed E-state index contributed by atoms with van der Waals surface area (Å²) in [6, 6.07) is 2.40. The minimum atomic E-state index is 0.336. The fourth-order valence-electron chi connectivity index (χ4n) is 1.83. The molecule has 1 N–H and O–H groups in total. The van der Waals surface area contributed by atoms with Crippen molar-refractivity contribution in [3.05, 3.63) is 20.8 Å². The van der Waals surface area contributed by atoms with Crippen LogP contribution in [0.15, 0.2) is 6.07 Å². The van der Waals surface area contributed by atoms with Crippen LogP contribution in [0.3, 0.4) is 0 Å². The Hall–Kier alpha value is -0.0900. The molecule has 0 fully saturated rings. The molecule has 1 aromatic rings. The lowest BCUT2D eigenvalue weighted by Crippen LogP contribution is -2.24. The first-order valence-corrected chi connectivity index (χ1v) is 6.16. The van der Waals surface area contributed by atoms with E-state index in [-0.39, 0.29) is 0 Å². The topological polar surface area (TPSA) is 21.3 Å². The molecule has 0 aliphatic heterocycles. The molecular weight excluding hydrogens is 218 g/mol. The monoisotopic (exact) mass is 231 g/mol. The summed E-state index contributed by atoms with van der Waals surface area (Å²) in [6.07, 6.45) is 3.52. The molecule has 0 radical (unpaired) electrons. The van der Waals surface area contributed by atoms with Crippen molar-refractivity contribution in [3.8, 4) is 0 Å². The van der Waals surface area contributed by atoms with E-state index in [1.54, 1.807) is 11.3 Å². The zero-order chi connectivity index (χ0) is 9.97. The lowest BCUT2D eigenvalue weighted by atomic mass is 9.95. The Balaban J connectivity index is 2.13. The molecule has 1 heterocycles. The molecule has 2 rings (SSSR count). The average Bonchev–Trinajstić information content (AvgIpc) is 2.55. The molecule has 1 aliphatic rings. The third-order valence-electron chi connectivity index (χ3n) is 2.45. The van der Waals surface area contributed by atoms with Crippen LogP contribution in [0, 0.1) is 0 Å². The van der Waals surface area contributed by atoms with Crippen LogP contribution in [0.2, 0.25) is 4.34 Å². The number of aryl methyl sites for hydroxylation is 1. The Morgan fingerprint density at radius 1 is 1.71 bits per heavy atom. The van der Waals surface area contributed by atoms with E-state index in [1.807, 2.05) is 6.92 Å². The molecule has 1 atom stereocenters. The second-order valence-electron chi connectivity index (χ2n) is 3.42. The number of hydrogen-bond donors (Lipinski definition) is 1. The van der Waals surface area contributed by atoms with E-state index in [2.05, 4.69) is 11.5 Å². The Kier molecular flexibility index (Phi) is 3.44. The van der Waals surface area contributed by atoms with Gasteiger partial charge in [0.05, 0.1) is 17.0 Å². The summed E-state index contributed by atoms with van der Waals surface area (Å²) in [5.41, 5.74) is 4.42. The van der Waals surface area contributed by atoms with Crippen molar-refractivity contribution in [3.63, 3.8) is 0 Å². The Labute approximate surface area is 93.2 Å². The van der Waals surface area contributed by atoms with Gasteiger partial charge in [0.15, 0.2) is 0 Å². The number of nitrogens with one attached hydrogen (secondary N) is 1. The van der Waals surface area contributed by atoms with Crippen molar-refractivity contribution < 1.29 is 4.84 Å². The van der Waals surface area contributed by atoms with Crippen molar-refractivity contribution in [2.75, 3.05) is 6.61 Å². The summed E-state index contributed by atoms with van der Waals surface area (Å²) < 4.78 is 0.889. The third-order valence-corrected chi connectivity index (χ3v) is 3.79. The van der Waals surface area contributed by atoms with Crippen molar-refractivity contribution in [1.82, 2.24) is 5.48 Å². The molecular formula is C10H14ClNOS. The summed E-state index contributed by atoms with van der Waals surface area (Å²) >= 11 is 7.70. The Morgan fingerprint density at radius 2 is 2.57 bits per heavy atom. The lowest BCUT2D eigenvalue weighted by molar-refractivity contribution is 0.0199. The van der Waals surface area contributed by atoms with E-state index in [1.165, 1.54) is 16.9 Å². The van der Waals surface area contributed by atoms with Crippen molar-refractivity contribution in [1.29, 1.82) is 0 Å². The first kappa shape index (κ1) is 10.4. The molecule has 4 heteroatoms. The smallest absolute Gasteiger partial charge is 0.0934 e. The zero-order valence-corrected chi connectivity index (χ0v) is 9.75. The van der Waals surface area contributed by atoms with Crippen LogP contribution >= 0.6 is 22.9 Å². The second kappa shape index (κ2) is 4.62. The first-order valence-electron chi connectivity index (χ1n) is 4.96. The van der Waals surface area contributed by atoms with E-state index in [4.69, 9.17) is 16.4 Å². The van der Waals surface area contributed by atoms with Gasteiger partial charge in [0.2, 0.25) is 0 Å². The van der Waals surface area contributed by atoms with Crippen LogP contribution < -0.4 is 5.48 Å². The molecule has 78 valence electrons. The van der Waals surface area contributed by atoms with E-state index >= 15 is 0 Å². The molecule has 0 aromatic carbocycles. The van der Waals surface area contributed by atoms with E-state index in [9.17, 15) is 0 Å². The second-order valence-corrected chi connectivity index (χ2v) is 5.19. The molecule has 1 aromatic heterocycles. The standard InChI is InChI=1S/C10H14ClNOS/c1-2-13-12-8-4-3-5-9-7(8)6-10(11)14-9/h6,8,12H,2-5H2,1H3. The minimum Gasteiger partial charge on any atom is -0.302 e. The van der Waals surface area contributed by atoms with Crippen molar-refractivity contribution in [2.24, 2.45) is 0 Å². The molecule has 0 amide bonds. The normalized spacial score (nSPS) is 20.9. The van der Waals surface area contributed by atoms with Gasteiger partial charge in [-0.25, -0.2) is 0 Å². The zero-order valence-electron chi connectivity index (χ0n) is 8.18. The summed E-state index contributed by atoms with van der Waals surface area (Å²) in [5.74, 6) is 0. The Bertz CT molecular complexity index is 313. The van der Waals surface area contributed by atoms with Gasteiger partial charge >= 0.3 is 0 Å². The number of hydrogen-bond acceptors (Lipinski definition) is 3. The van der Waals surface area contributed by atoms with Crippen LogP contribution in [0.1, 0.15) is 36.2 Å². The molecule has 0 saturated carbocycles. The predicted molar refractivity (Wildman–Crippen MR) is 59.8 cm³/mol. The van der Waals surface area contributed by atoms with Crippen LogP contribution in [0.4, 0.5) is 0 Å². The maximum atomic E-state index is 6.00. The van der Waals surface area contributed by atoms with Gasteiger partial charge in [0.1, 0.15) is 0 Å². The van der Waals surface area contributed by atoms with Crippen LogP contribution in [-0.4, -0.2) is 6.61 Å². The van der Waals surface area contributed by atoms with Gasteiger partial charge in [-0.15, -0.1) is 11.3 Å². The quantitative estimate of drug-likeness (QED) is 0.806. The minimum absolute atomic E-state index is 0.336. The largest absolute Gasteiger partial charge is 0.302 e. The van der Waals surface area contributed by atoms with Gasteiger partial charge in [0.25, 0.3) is 0 Å².